The van der Waals surface area contributed by atoms with Gasteiger partial charge in [-0.2, -0.15) is 13.2 Å². The van der Waals surface area contributed by atoms with Gasteiger partial charge in [0, 0.05) is 22.7 Å². The van der Waals surface area contributed by atoms with Gasteiger partial charge < -0.3 is 10.1 Å². The van der Waals surface area contributed by atoms with Gasteiger partial charge in [-0.05, 0) is 12.1 Å². The highest BCUT2D eigenvalue weighted by molar-refractivity contribution is 5.84. The molecule has 0 aliphatic carbocycles. The summed E-state index contributed by atoms with van der Waals surface area (Å²) < 4.78 is 50.2. The Morgan fingerprint density at radius 2 is 1.94 bits per heavy atom. The van der Waals surface area contributed by atoms with Gasteiger partial charge >= 0.3 is 6.18 Å². The van der Waals surface area contributed by atoms with Crippen LogP contribution < -0.4 is 0 Å². The van der Waals surface area contributed by atoms with Crippen LogP contribution in [-0.4, -0.2) is 16.3 Å². The van der Waals surface area contributed by atoms with E-state index in [-0.39, 0.29) is 10.9 Å². The number of aromatic amines is 1. The van der Waals surface area contributed by atoms with Gasteiger partial charge in [-0.1, -0.05) is 6.07 Å². The first-order valence-electron chi connectivity index (χ1n) is 4.41. The highest BCUT2D eigenvalue weighted by Crippen LogP contribution is 2.36. The van der Waals surface area contributed by atoms with Crippen molar-refractivity contribution in [3.63, 3.8) is 0 Å². The number of H-pyrrole nitrogens is 1. The van der Waals surface area contributed by atoms with Crippen LogP contribution in [0.3, 0.4) is 0 Å². The number of alkyl halides is 3. The minimum atomic E-state index is -4.81. The number of rotatable bonds is 1. The van der Waals surface area contributed by atoms with Gasteiger partial charge in [0.2, 0.25) is 0 Å². The molecule has 1 atom stereocenters. The van der Waals surface area contributed by atoms with E-state index in [1.54, 1.807) is 0 Å². The number of nitrogens with one attached hydrogen (secondary N) is 1. The molecule has 0 spiro atoms. The van der Waals surface area contributed by atoms with Crippen molar-refractivity contribution < 1.29 is 22.7 Å². The lowest BCUT2D eigenvalue weighted by atomic mass is 10.1. The Morgan fingerprint density at radius 3 is 2.56 bits per heavy atom. The second-order valence-corrected chi connectivity index (χ2v) is 3.35. The monoisotopic (exact) mass is 233 g/mol. The van der Waals surface area contributed by atoms with Gasteiger partial charge in [0.05, 0.1) is 0 Å². The average molecular weight is 233 g/mol. The van der Waals surface area contributed by atoms with Gasteiger partial charge in [0.25, 0.3) is 0 Å². The van der Waals surface area contributed by atoms with Crippen LogP contribution in [0.2, 0.25) is 0 Å². The molecule has 1 heterocycles. The van der Waals surface area contributed by atoms with Crippen LogP contribution in [0.15, 0.2) is 24.4 Å². The van der Waals surface area contributed by atoms with Gasteiger partial charge in [0.15, 0.2) is 6.10 Å². The maximum absolute atomic E-state index is 13.3. The van der Waals surface area contributed by atoms with Gasteiger partial charge in [0.1, 0.15) is 5.82 Å². The Balaban J connectivity index is 2.62. The Hall–Kier alpha value is -1.56. The summed E-state index contributed by atoms with van der Waals surface area (Å²) in [6.07, 6.45) is -6.53. The Labute approximate surface area is 87.5 Å². The van der Waals surface area contributed by atoms with E-state index >= 15 is 0 Å². The average Bonchev–Trinajstić information content (AvgIpc) is 2.60. The van der Waals surface area contributed by atoms with E-state index in [0.717, 1.165) is 12.3 Å². The fraction of sp³-hybridized carbons (Fsp3) is 0.200. The number of halogens is 4. The number of aliphatic hydroxyl groups excluding tert-OH is 1. The van der Waals surface area contributed by atoms with E-state index in [1.165, 1.54) is 12.1 Å². The summed E-state index contributed by atoms with van der Waals surface area (Å²) >= 11 is 0. The zero-order valence-corrected chi connectivity index (χ0v) is 7.85. The summed E-state index contributed by atoms with van der Waals surface area (Å²) in [7, 11) is 0. The number of hydrogen-bond acceptors (Lipinski definition) is 1. The van der Waals surface area contributed by atoms with Crippen LogP contribution in [0.25, 0.3) is 10.9 Å². The highest BCUT2D eigenvalue weighted by atomic mass is 19.4. The van der Waals surface area contributed by atoms with Crippen molar-refractivity contribution >= 4 is 10.9 Å². The lowest BCUT2D eigenvalue weighted by Gasteiger charge is -2.13. The van der Waals surface area contributed by atoms with E-state index in [1.807, 2.05) is 0 Å². The molecule has 0 radical (unpaired) electrons. The standard InChI is InChI=1S/C10H7F4NO/c11-6-2-1-3-7-8(6)5(4-15-7)9(16)10(12,13)14/h1-4,9,15-16H. The SMILES string of the molecule is OC(c1c[nH]c2cccc(F)c12)C(F)(F)F. The Bertz CT molecular complexity index is 517. The van der Waals surface area contributed by atoms with Crippen LogP contribution in [0.5, 0.6) is 0 Å². The molecule has 2 aromatic rings. The molecule has 0 aliphatic rings. The first-order valence-corrected chi connectivity index (χ1v) is 4.41. The third-order valence-corrected chi connectivity index (χ3v) is 2.29. The molecule has 1 aromatic carbocycles. The first-order chi connectivity index (χ1) is 7.41. The van der Waals surface area contributed by atoms with Crippen molar-refractivity contribution in [2.45, 2.75) is 12.3 Å². The summed E-state index contributed by atoms with van der Waals surface area (Å²) in [6.45, 7) is 0. The number of hydrogen-bond donors (Lipinski definition) is 2. The molecule has 0 amide bonds. The molecule has 6 heteroatoms. The number of aliphatic hydroxyl groups is 1. The quantitative estimate of drug-likeness (QED) is 0.730. The predicted molar refractivity (Wildman–Crippen MR) is 49.3 cm³/mol. The third-order valence-electron chi connectivity index (χ3n) is 2.29. The molecular weight excluding hydrogens is 226 g/mol. The first kappa shape index (κ1) is 10.9. The molecular formula is C10H7F4NO. The number of fused-ring (bicyclic) bond motifs is 1. The van der Waals surface area contributed by atoms with E-state index in [9.17, 15) is 17.6 Å². The van der Waals surface area contributed by atoms with Crippen molar-refractivity contribution in [3.8, 4) is 0 Å². The molecule has 0 fully saturated rings. The van der Waals surface area contributed by atoms with E-state index in [0.29, 0.717) is 0 Å². The molecule has 0 aliphatic heterocycles. The Morgan fingerprint density at radius 1 is 1.25 bits per heavy atom. The minimum Gasteiger partial charge on any atom is -0.379 e. The van der Waals surface area contributed by atoms with Crippen molar-refractivity contribution in [1.29, 1.82) is 0 Å². The van der Waals surface area contributed by atoms with Gasteiger partial charge in [-0.15, -0.1) is 0 Å². The summed E-state index contributed by atoms with van der Waals surface area (Å²) in [6, 6.07) is 3.85. The number of benzene rings is 1. The lowest BCUT2D eigenvalue weighted by Crippen LogP contribution is -2.20. The van der Waals surface area contributed by atoms with E-state index < -0.39 is 23.7 Å². The maximum atomic E-state index is 13.3. The summed E-state index contributed by atoms with van der Waals surface area (Å²) in [4.78, 5) is 2.48. The van der Waals surface area contributed by atoms with Gasteiger partial charge in [-0.3, -0.25) is 0 Å². The molecule has 2 rings (SSSR count). The topological polar surface area (TPSA) is 36.0 Å². The molecule has 86 valence electrons. The fourth-order valence-corrected chi connectivity index (χ4v) is 1.56. The second-order valence-electron chi connectivity index (χ2n) is 3.35. The maximum Gasteiger partial charge on any atom is 0.418 e. The van der Waals surface area contributed by atoms with Gasteiger partial charge in [-0.25, -0.2) is 4.39 Å². The molecule has 2 nitrogen and oxygen atoms in total. The zero-order valence-electron chi connectivity index (χ0n) is 7.85. The van der Waals surface area contributed by atoms with Crippen molar-refractivity contribution in [1.82, 2.24) is 4.98 Å². The second kappa shape index (κ2) is 3.48. The highest BCUT2D eigenvalue weighted by Gasteiger charge is 2.41. The molecule has 0 saturated carbocycles. The summed E-state index contributed by atoms with van der Waals surface area (Å²) in [5.74, 6) is -0.794. The normalized spacial score (nSPS) is 14.3. The summed E-state index contributed by atoms with van der Waals surface area (Å²) in [5, 5.41) is 8.83. The third kappa shape index (κ3) is 1.65. The molecule has 16 heavy (non-hydrogen) atoms. The summed E-state index contributed by atoms with van der Waals surface area (Å²) in [5.41, 5.74) is -0.279. The zero-order chi connectivity index (χ0) is 11.9. The predicted octanol–water partition coefficient (Wildman–Crippen LogP) is 2.90. The van der Waals surface area contributed by atoms with Crippen LogP contribution in [0.1, 0.15) is 11.7 Å². The van der Waals surface area contributed by atoms with E-state index in [2.05, 4.69) is 4.98 Å². The molecule has 2 N–H and O–H groups in total. The van der Waals surface area contributed by atoms with E-state index in [4.69, 9.17) is 5.11 Å². The molecule has 0 saturated heterocycles. The minimum absolute atomic E-state index is 0.221. The van der Waals surface area contributed by atoms with Crippen LogP contribution in [0.4, 0.5) is 17.6 Å². The molecule has 0 bridgehead atoms. The van der Waals surface area contributed by atoms with Crippen molar-refractivity contribution in [2.75, 3.05) is 0 Å². The lowest BCUT2D eigenvalue weighted by molar-refractivity contribution is -0.206. The van der Waals surface area contributed by atoms with Crippen LogP contribution in [-0.2, 0) is 0 Å². The Kier molecular flexibility index (Phi) is 2.38. The van der Waals surface area contributed by atoms with Crippen LogP contribution in [0, 0.1) is 5.82 Å². The molecule has 1 unspecified atom stereocenters. The molecule has 1 aromatic heterocycles. The fourth-order valence-electron chi connectivity index (χ4n) is 1.56. The largest absolute Gasteiger partial charge is 0.418 e. The number of aromatic nitrogens is 1. The van der Waals surface area contributed by atoms with Crippen molar-refractivity contribution in [3.05, 3.63) is 35.8 Å². The smallest absolute Gasteiger partial charge is 0.379 e. The van der Waals surface area contributed by atoms with Crippen molar-refractivity contribution in [2.24, 2.45) is 0 Å². The van der Waals surface area contributed by atoms with Crippen LogP contribution >= 0.6 is 0 Å².